The van der Waals surface area contributed by atoms with Gasteiger partial charge in [0.05, 0.1) is 29.9 Å². The predicted octanol–water partition coefficient (Wildman–Crippen LogP) is 14.7. The summed E-state index contributed by atoms with van der Waals surface area (Å²) in [5.41, 5.74) is 14.3. The number of aromatic nitrogens is 6. The summed E-state index contributed by atoms with van der Waals surface area (Å²) >= 11 is 0. The Labute approximate surface area is 431 Å². The van der Waals surface area contributed by atoms with Crippen molar-refractivity contribution in [1.29, 1.82) is 0 Å². The zero-order chi connectivity index (χ0) is 47.2. The molecule has 0 N–H and O–H groups in total. The van der Waals surface area contributed by atoms with Gasteiger partial charge in [-0.1, -0.05) is 133 Å². The molecule has 0 saturated heterocycles. The molecule has 4 aromatic heterocycles. The molecule has 0 bridgehead atoms. The molecule has 1 unspecified atom stereocenters. The number of hydrogen-bond acceptors (Lipinski definition) is 3. The van der Waals surface area contributed by atoms with Crippen LogP contribution in [0.4, 0.5) is 17.1 Å². The third-order valence-corrected chi connectivity index (χ3v) is 12.3. The maximum Gasteiger partial charge on any atom is 2.00 e. The Morgan fingerprint density at radius 1 is 0.408 bits per heavy atom. The van der Waals surface area contributed by atoms with Gasteiger partial charge in [-0.2, -0.15) is 22.3 Å². The maximum absolute atomic E-state index is 4.81. The summed E-state index contributed by atoms with van der Waals surface area (Å²) in [6, 6.07) is 86.1. The van der Waals surface area contributed by atoms with Crippen LogP contribution in [0.25, 0.3) is 77.5 Å². The fourth-order valence-electron chi connectivity index (χ4n) is 9.23. The number of rotatable bonds is 8. The molecule has 9 aromatic carbocycles. The normalized spacial score (nSPS) is 10.9. The van der Waals surface area contributed by atoms with E-state index in [9.17, 15) is 0 Å². The van der Waals surface area contributed by atoms with E-state index < -0.39 is 0 Å². The second-order valence-corrected chi connectivity index (χ2v) is 17.0. The molecule has 2 radical (unpaired) electrons. The smallest absolute Gasteiger partial charge is 0.358 e. The first-order valence-electron chi connectivity index (χ1n) is 23.1. The van der Waals surface area contributed by atoms with Crippen molar-refractivity contribution in [1.82, 2.24) is 28.7 Å². The molecule has 0 spiro atoms. The number of benzene rings is 9. The van der Waals surface area contributed by atoms with Crippen molar-refractivity contribution in [2.75, 3.05) is 11.0 Å². The average Bonchev–Trinajstić information content (AvgIpc) is 4.27. The minimum atomic E-state index is 0. The number of anilines is 3. The topological polar surface area (TPSA) is 48.7 Å². The molecule has 0 aliphatic heterocycles. The number of para-hydroxylation sites is 5. The molecule has 0 fully saturated rings. The SMILES string of the molecule is [B]CP.[Pt+2].[c-]1c(N(c2[c-]c(-n3cccn3)ccc2)c2ccccc2)cccc1-n1cccn1.c1ccc2c(c1)c1ccccc1n2-c1ccc(-c2ccc(-n3c4ccccc4c4ccccc43)cc2)cc1. The first-order valence-corrected chi connectivity index (χ1v) is 24.0. The van der Waals surface area contributed by atoms with Gasteiger partial charge in [0.15, 0.2) is 0 Å². The Kier molecular flexibility index (Phi) is 14.0. The molecule has 0 aliphatic rings. The summed E-state index contributed by atoms with van der Waals surface area (Å²) in [5.74, 6) is 0. The van der Waals surface area contributed by atoms with Crippen LogP contribution in [-0.2, 0) is 21.1 Å². The molecular weight excluding hydrogens is 1070 g/mol. The molecule has 1 atom stereocenters. The van der Waals surface area contributed by atoms with Crippen LogP contribution in [0, 0.1) is 12.1 Å². The van der Waals surface area contributed by atoms with Crippen LogP contribution in [0.3, 0.4) is 0 Å². The molecule has 4 heterocycles. The first-order chi connectivity index (χ1) is 34.7. The summed E-state index contributed by atoms with van der Waals surface area (Å²) in [6.07, 6.45) is 7.34. The van der Waals surface area contributed by atoms with Gasteiger partial charge < -0.3 is 14.0 Å². The zero-order valence-corrected chi connectivity index (χ0v) is 41.9. The van der Waals surface area contributed by atoms with Crippen LogP contribution in [0.15, 0.2) is 249 Å². The third-order valence-electron chi connectivity index (χ3n) is 12.3. The molecule has 7 nitrogen and oxygen atoms in total. The Hall–Kier alpha value is -8.02. The maximum atomic E-state index is 4.81. The van der Waals surface area contributed by atoms with Gasteiger partial charge in [-0.05, 0) is 95.3 Å². The van der Waals surface area contributed by atoms with Crippen molar-refractivity contribution in [3.05, 3.63) is 261 Å². The van der Waals surface area contributed by atoms with Crippen molar-refractivity contribution < 1.29 is 21.1 Å². The average molecular weight is 1110 g/mol. The first kappa shape index (κ1) is 46.7. The van der Waals surface area contributed by atoms with E-state index in [1.807, 2.05) is 79.1 Å². The van der Waals surface area contributed by atoms with Crippen molar-refractivity contribution in [2.24, 2.45) is 0 Å². The van der Waals surface area contributed by atoms with Gasteiger partial charge >= 0.3 is 21.1 Å². The summed E-state index contributed by atoms with van der Waals surface area (Å²) in [5, 5.41) is 13.8. The summed E-state index contributed by atoms with van der Waals surface area (Å²) < 4.78 is 8.33. The summed E-state index contributed by atoms with van der Waals surface area (Å²) in [7, 11) is 7.17. The minimum Gasteiger partial charge on any atom is -0.358 e. The fourth-order valence-corrected chi connectivity index (χ4v) is 9.23. The van der Waals surface area contributed by atoms with Gasteiger partial charge in [-0.15, -0.1) is 45.6 Å². The van der Waals surface area contributed by atoms with E-state index in [0.29, 0.717) is 6.06 Å². The Balaban J connectivity index is 0.000000158. The minimum absolute atomic E-state index is 0. The van der Waals surface area contributed by atoms with Crippen LogP contribution in [0.1, 0.15) is 0 Å². The van der Waals surface area contributed by atoms with E-state index >= 15 is 0 Å². The number of hydrogen-bond donors (Lipinski definition) is 0. The molecule has 0 aliphatic carbocycles. The Morgan fingerprint density at radius 2 is 0.761 bits per heavy atom. The van der Waals surface area contributed by atoms with Crippen LogP contribution in [0.2, 0.25) is 0 Å². The van der Waals surface area contributed by atoms with Gasteiger partial charge in [0.1, 0.15) is 0 Å². The van der Waals surface area contributed by atoms with Crippen LogP contribution >= 0.6 is 9.24 Å². The molecule has 71 heavy (non-hydrogen) atoms. The van der Waals surface area contributed by atoms with Gasteiger partial charge in [0.25, 0.3) is 0 Å². The second-order valence-electron chi connectivity index (χ2n) is 16.5. The molecule has 342 valence electrons. The van der Waals surface area contributed by atoms with E-state index in [-0.39, 0.29) is 21.1 Å². The van der Waals surface area contributed by atoms with Gasteiger partial charge in [0, 0.05) is 63.4 Å². The molecule has 13 aromatic rings. The Morgan fingerprint density at radius 3 is 1.11 bits per heavy atom. The van der Waals surface area contributed by atoms with E-state index in [0.717, 1.165) is 28.4 Å². The van der Waals surface area contributed by atoms with Crippen LogP contribution in [-0.4, -0.2) is 42.6 Å². The van der Waals surface area contributed by atoms with E-state index in [1.165, 1.54) is 66.1 Å². The molecule has 0 amide bonds. The molecule has 0 saturated carbocycles. The zero-order valence-electron chi connectivity index (χ0n) is 38.5. The van der Waals surface area contributed by atoms with Gasteiger partial charge in [-0.3, -0.25) is 9.36 Å². The predicted molar refractivity (Wildman–Crippen MR) is 294 cm³/mol. The van der Waals surface area contributed by atoms with E-state index in [1.54, 1.807) is 21.8 Å². The van der Waals surface area contributed by atoms with Gasteiger partial charge in [0.2, 0.25) is 0 Å². The second kappa shape index (κ2) is 21.3. The summed E-state index contributed by atoms with van der Waals surface area (Å²) in [4.78, 5) is 2.12. The van der Waals surface area contributed by atoms with Gasteiger partial charge in [-0.25, -0.2) is 0 Å². The third kappa shape index (κ3) is 9.41. The monoisotopic (exact) mass is 1110 g/mol. The van der Waals surface area contributed by atoms with Crippen LogP contribution in [0.5, 0.6) is 0 Å². The van der Waals surface area contributed by atoms with Crippen molar-refractivity contribution >= 4 is 77.8 Å². The van der Waals surface area contributed by atoms with Crippen molar-refractivity contribution in [3.8, 4) is 33.9 Å². The van der Waals surface area contributed by atoms with E-state index in [4.69, 9.17) is 7.85 Å². The largest absolute Gasteiger partial charge is 2.00 e. The van der Waals surface area contributed by atoms with E-state index in [2.05, 4.69) is 203 Å². The molecule has 13 rings (SSSR count). The quantitative estimate of drug-likeness (QED) is 0.0865. The molecular formula is C61H45BN7PPt. The van der Waals surface area contributed by atoms with Crippen molar-refractivity contribution in [3.63, 3.8) is 0 Å². The van der Waals surface area contributed by atoms with Crippen LogP contribution < -0.4 is 4.90 Å². The standard InChI is InChI=1S/C36H24N2.C24H17N5.CH4BP.Pt/c1-5-13-33-29(9-1)30-10-2-6-14-34(30)37(33)27-21-17-25(18-22-27)26-19-23-28(24-20-26)38-35-15-7-3-11-31(35)32-12-4-8-16-36(32)38;1-2-8-20(9-3-1)29(23-12-4-10-21(18-23)27-16-6-14-25-27)24-13-5-11-22(19-24)28-17-7-15-26-28;2-1-3;/h1-24H;1-17H;1,3H2;/q;-2;;+2. The number of fused-ring (bicyclic) bond motifs is 6. The van der Waals surface area contributed by atoms with Crippen molar-refractivity contribution in [2.45, 2.75) is 0 Å². The Bertz CT molecular complexity index is 3490. The fraction of sp³-hybridized carbons (Fsp3) is 0.0164. The number of nitrogens with zero attached hydrogens (tertiary/aromatic N) is 7. The summed E-state index contributed by atoms with van der Waals surface area (Å²) in [6.45, 7) is 0. The molecule has 10 heteroatoms.